The largest absolute Gasteiger partial charge is 0.497 e. The number of benzene rings is 1. The fourth-order valence-corrected chi connectivity index (χ4v) is 0.912. The Morgan fingerprint density at radius 2 is 1.86 bits per heavy atom. The first-order valence-electron chi connectivity index (χ1n) is 3.82. The first-order valence-corrected chi connectivity index (χ1v) is 3.82. The van der Waals surface area contributed by atoms with Gasteiger partial charge in [0.1, 0.15) is 5.75 Å². The topological polar surface area (TPSA) is 75.6 Å². The molecule has 0 saturated carbocycles. The van der Waals surface area contributed by atoms with Gasteiger partial charge in [0.25, 0.3) is 5.91 Å². The molecular formula is C9H9NO4. The highest BCUT2D eigenvalue weighted by molar-refractivity contribution is 6.02. The third-order valence-electron chi connectivity index (χ3n) is 1.57. The number of methoxy groups -OCH3 is 1. The lowest BCUT2D eigenvalue weighted by molar-refractivity contribution is 0.0948. The molecule has 1 aromatic rings. The molecule has 0 heterocycles. The number of rotatable bonds is 2. The molecule has 0 aromatic heterocycles. The van der Waals surface area contributed by atoms with Crippen molar-refractivity contribution in [3.63, 3.8) is 0 Å². The summed E-state index contributed by atoms with van der Waals surface area (Å²) in [5, 5.41) is 10.0. The predicted octanol–water partition coefficient (Wildman–Crippen LogP) is 1.10. The van der Waals surface area contributed by atoms with Crippen LogP contribution in [0, 0.1) is 0 Å². The zero-order chi connectivity index (χ0) is 10.6. The van der Waals surface area contributed by atoms with Crippen LogP contribution in [0.15, 0.2) is 24.3 Å². The van der Waals surface area contributed by atoms with Gasteiger partial charge in [0, 0.05) is 5.56 Å². The van der Waals surface area contributed by atoms with Crippen LogP contribution >= 0.6 is 0 Å². The van der Waals surface area contributed by atoms with E-state index < -0.39 is 12.0 Å². The standard InChI is InChI=1S/C9H9NO4/c1-14-7-4-2-6(3-5-7)8(11)10-9(12)13/h2-5H,1H3,(H,10,11)(H,12,13). The first-order chi connectivity index (χ1) is 6.63. The van der Waals surface area contributed by atoms with Crippen molar-refractivity contribution in [1.29, 1.82) is 0 Å². The molecule has 0 saturated heterocycles. The number of carbonyl (C=O) groups excluding carboxylic acids is 1. The maximum atomic E-state index is 11.1. The van der Waals surface area contributed by atoms with E-state index in [2.05, 4.69) is 0 Å². The average molecular weight is 195 g/mol. The molecule has 5 heteroatoms. The van der Waals surface area contributed by atoms with Crippen LogP contribution < -0.4 is 10.1 Å². The summed E-state index contributed by atoms with van der Waals surface area (Å²) < 4.78 is 4.88. The van der Waals surface area contributed by atoms with Crippen molar-refractivity contribution in [3.05, 3.63) is 29.8 Å². The van der Waals surface area contributed by atoms with E-state index in [-0.39, 0.29) is 5.56 Å². The number of carboxylic acid groups (broad SMARTS) is 1. The van der Waals surface area contributed by atoms with Gasteiger partial charge in [-0.05, 0) is 24.3 Å². The Hall–Kier alpha value is -2.04. The maximum absolute atomic E-state index is 11.1. The van der Waals surface area contributed by atoms with Gasteiger partial charge in [0.2, 0.25) is 0 Å². The van der Waals surface area contributed by atoms with E-state index in [0.29, 0.717) is 5.75 Å². The Balaban J connectivity index is 2.76. The third kappa shape index (κ3) is 2.48. The minimum atomic E-state index is -1.37. The van der Waals surface area contributed by atoms with E-state index in [4.69, 9.17) is 9.84 Å². The summed E-state index contributed by atoms with van der Waals surface area (Å²) in [7, 11) is 1.51. The summed E-state index contributed by atoms with van der Waals surface area (Å²) in [5.74, 6) is -0.0444. The molecule has 0 aliphatic heterocycles. The van der Waals surface area contributed by atoms with Crippen LogP contribution in [0.3, 0.4) is 0 Å². The summed E-state index contributed by atoms with van der Waals surface area (Å²) in [6, 6.07) is 6.13. The van der Waals surface area contributed by atoms with Crippen molar-refractivity contribution in [3.8, 4) is 5.75 Å². The lowest BCUT2D eigenvalue weighted by atomic mass is 10.2. The summed E-state index contributed by atoms with van der Waals surface area (Å²) in [6.07, 6.45) is -1.37. The number of amides is 2. The van der Waals surface area contributed by atoms with E-state index in [1.165, 1.54) is 19.2 Å². The molecule has 0 fully saturated rings. The molecule has 1 aromatic carbocycles. The second kappa shape index (κ2) is 4.27. The predicted molar refractivity (Wildman–Crippen MR) is 48.5 cm³/mol. The van der Waals surface area contributed by atoms with Crippen LogP contribution in [0.25, 0.3) is 0 Å². The highest BCUT2D eigenvalue weighted by Gasteiger charge is 2.07. The van der Waals surface area contributed by atoms with Gasteiger partial charge in [-0.25, -0.2) is 4.79 Å². The Bertz CT molecular complexity index is 344. The van der Waals surface area contributed by atoms with E-state index in [0.717, 1.165) is 0 Å². The van der Waals surface area contributed by atoms with Crippen LogP contribution in [-0.2, 0) is 0 Å². The average Bonchev–Trinajstić information content (AvgIpc) is 2.17. The highest BCUT2D eigenvalue weighted by atomic mass is 16.5. The SMILES string of the molecule is COc1ccc(C(=O)NC(=O)O)cc1. The van der Waals surface area contributed by atoms with Crippen molar-refractivity contribution < 1.29 is 19.4 Å². The molecule has 0 aliphatic rings. The van der Waals surface area contributed by atoms with Crippen molar-refractivity contribution in [2.45, 2.75) is 0 Å². The molecule has 2 amide bonds. The number of hydrogen-bond donors (Lipinski definition) is 2. The van der Waals surface area contributed by atoms with E-state index >= 15 is 0 Å². The van der Waals surface area contributed by atoms with Crippen molar-refractivity contribution >= 4 is 12.0 Å². The van der Waals surface area contributed by atoms with Gasteiger partial charge >= 0.3 is 6.09 Å². The molecule has 74 valence electrons. The molecule has 0 bridgehead atoms. The second-order valence-corrected chi connectivity index (χ2v) is 2.49. The number of carbonyl (C=O) groups is 2. The van der Waals surface area contributed by atoms with E-state index in [9.17, 15) is 9.59 Å². The van der Waals surface area contributed by atoms with E-state index in [1.807, 2.05) is 0 Å². The van der Waals surface area contributed by atoms with Crippen LogP contribution in [-0.4, -0.2) is 24.2 Å². The molecule has 0 spiro atoms. The fourth-order valence-electron chi connectivity index (χ4n) is 0.912. The molecule has 0 aliphatic carbocycles. The van der Waals surface area contributed by atoms with Crippen molar-refractivity contribution in [2.24, 2.45) is 0 Å². The van der Waals surface area contributed by atoms with Crippen molar-refractivity contribution in [2.75, 3.05) is 7.11 Å². The van der Waals surface area contributed by atoms with E-state index in [1.54, 1.807) is 17.4 Å². The monoisotopic (exact) mass is 195 g/mol. The summed E-state index contributed by atoms with van der Waals surface area (Å²) in [4.78, 5) is 21.3. The second-order valence-electron chi connectivity index (χ2n) is 2.49. The molecule has 0 unspecified atom stereocenters. The molecule has 2 N–H and O–H groups in total. The minimum absolute atomic E-state index is 0.271. The van der Waals surface area contributed by atoms with Crippen LogP contribution in [0.4, 0.5) is 4.79 Å². The molecular weight excluding hydrogens is 186 g/mol. The molecule has 5 nitrogen and oxygen atoms in total. The lowest BCUT2D eigenvalue weighted by Gasteiger charge is -2.01. The summed E-state index contributed by atoms with van der Waals surface area (Å²) >= 11 is 0. The quantitative estimate of drug-likeness (QED) is 0.740. The van der Waals surface area contributed by atoms with Gasteiger partial charge in [0.15, 0.2) is 0 Å². The normalized spacial score (nSPS) is 9.21. The van der Waals surface area contributed by atoms with Gasteiger partial charge in [-0.2, -0.15) is 0 Å². The van der Waals surface area contributed by atoms with Crippen LogP contribution in [0.2, 0.25) is 0 Å². The van der Waals surface area contributed by atoms with Crippen molar-refractivity contribution in [1.82, 2.24) is 5.32 Å². The molecule has 0 atom stereocenters. The fraction of sp³-hybridized carbons (Fsp3) is 0.111. The van der Waals surface area contributed by atoms with Gasteiger partial charge in [-0.15, -0.1) is 0 Å². The summed E-state index contributed by atoms with van der Waals surface area (Å²) in [6.45, 7) is 0. The number of nitrogens with one attached hydrogen (secondary N) is 1. The number of imide groups is 1. The Morgan fingerprint density at radius 1 is 1.29 bits per heavy atom. The Morgan fingerprint density at radius 3 is 2.29 bits per heavy atom. The van der Waals surface area contributed by atoms with Gasteiger partial charge in [-0.3, -0.25) is 10.1 Å². The Kier molecular flexibility index (Phi) is 3.06. The Labute approximate surface area is 80.3 Å². The first kappa shape index (κ1) is 10.0. The van der Waals surface area contributed by atoms with Crippen LogP contribution in [0.1, 0.15) is 10.4 Å². The summed E-state index contributed by atoms with van der Waals surface area (Å²) in [5.41, 5.74) is 0.271. The lowest BCUT2D eigenvalue weighted by Crippen LogP contribution is -2.28. The number of ether oxygens (including phenoxy) is 1. The van der Waals surface area contributed by atoms with Gasteiger partial charge < -0.3 is 9.84 Å². The molecule has 1 rings (SSSR count). The van der Waals surface area contributed by atoms with Crippen LogP contribution in [0.5, 0.6) is 5.75 Å². The smallest absolute Gasteiger partial charge is 0.411 e. The molecule has 0 radical (unpaired) electrons. The zero-order valence-corrected chi connectivity index (χ0v) is 7.48. The highest BCUT2D eigenvalue weighted by Crippen LogP contribution is 2.10. The maximum Gasteiger partial charge on any atom is 0.411 e. The zero-order valence-electron chi connectivity index (χ0n) is 7.48. The van der Waals surface area contributed by atoms with Gasteiger partial charge in [-0.1, -0.05) is 0 Å². The molecule has 14 heavy (non-hydrogen) atoms. The number of hydrogen-bond acceptors (Lipinski definition) is 3. The minimum Gasteiger partial charge on any atom is -0.497 e. The van der Waals surface area contributed by atoms with Gasteiger partial charge in [0.05, 0.1) is 7.11 Å². The third-order valence-corrected chi connectivity index (χ3v) is 1.57.